The summed E-state index contributed by atoms with van der Waals surface area (Å²) in [6.07, 6.45) is 1.71. The van der Waals surface area contributed by atoms with Crippen molar-refractivity contribution in [2.24, 2.45) is 0 Å². The van der Waals surface area contributed by atoms with Crippen LogP contribution in [0.15, 0.2) is 48.7 Å². The predicted octanol–water partition coefficient (Wildman–Crippen LogP) is 3.18. The lowest BCUT2D eigenvalue weighted by Crippen LogP contribution is -2.01. The molecule has 0 aliphatic heterocycles. The Morgan fingerprint density at radius 3 is 2.53 bits per heavy atom. The number of rotatable bonds is 4. The first-order chi connectivity index (χ1) is 8.25. The van der Waals surface area contributed by atoms with E-state index in [4.69, 9.17) is 11.6 Å². The first-order valence-corrected chi connectivity index (χ1v) is 7.10. The van der Waals surface area contributed by atoms with Crippen LogP contribution in [0.3, 0.4) is 0 Å². The molecule has 1 aromatic heterocycles. The van der Waals surface area contributed by atoms with Crippen molar-refractivity contribution in [3.63, 3.8) is 0 Å². The summed E-state index contributed by atoms with van der Waals surface area (Å²) in [5, 5.41) is 0.668. The smallest absolute Gasteiger partial charge is 0.0662 e. The SMILES string of the molecule is O=S(Cc1ccccn1)Cc1ccccc1Cl. The maximum Gasteiger partial charge on any atom is 0.0662 e. The average molecular weight is 266 g/mol. The minimum atomic E-state index is -0.979. The fourth-order valence-electron chi connectivity index (χ4n) is 1.49. The van der Waals surface area contributed by atoms with Crippen molar-refractivity contribution in [3.05, 3.63) is 64.9 Å². The molecule has 1 unspecified atom stereocenters. The Morgan fingerprint density at radius 1 is 1.06 bits per heavy atom. The first-order valence-electron chi connectivity index (χ1n) is 5.24. The number of hydrogen-bond donors (Lipinski definition) is 0. The molecule has 0 aliphatic carbocycles. The Bertz CT molecular complexity index is 516. The molecular formula is C13H12ClNOS. The van der Waals surface area contributed by atoms with E-state index in [9.17, 15) is 4.21 Å². The molecule has 0 aliphatic rings. The van der Waals surface area contributed by atoms with Crippen molar-refractivity contribution >= 4 is 22.4 Å². The van der Waals surface area contributed by atoms with Gasteiger partial charge in [0.25, 0.3) is 0 Å². The molecule has 2 nitrogen and oxygen atoms in total. The van der Waals surface area contributed by atoms with Crippen LogP contribution in [0, 0.1) is 0 Å². The summed E-state index contributed by atoms with van der Waals surface area (Å²) in [7, 11) is -0.979. The van der Waals surface area contributed by atoms with Crippen molar-refractivity contribution in [2.75, 3.05) is 0 Å². The molecule has 2 rings (SSSR count). The molecule has 0 saturated carbocycles. The van der Waals surface area contributed by atoms with Crippen molar-refractivity contribution in [1.82, 2.24) is 4.98 Å². The predicted molar refractivity (Wildman–Crippen MR) is 71.2 cm³/mol. The molecule has 0 fully saturated rings. The summed E-state index contributed by atoms with van der Waals surface area (Å²) in [6, 6.07) is 13.1. The first kappa shape index (κ1) is 12.3. The number of nitrogens with zero attached hydrogens (tertiary/aromatic N) is 1. The van der Waals surface area contributed by atoms with Crippen molar-refractivity contribution < 1.29 is 4.21 Å². The summed E-state index contributed by atoms with van der Waals surface area (Å²) >= 11 is 6.02. The van der Waals surface area contributed by atoms with Gasteiger partial charge in [-0.25, -0.2) is 0 Å². The summed E-state index contributed by atoms with van der Waals surface area (Å²) in [5.74, 6) is 0.933. The zero-order chi connectivity index (χ0) is 12.1. The van der Waals surface area contributed by atoms with Crippen LogP contribution in [0.2, 0.25) is 5.02 Å². The van der Waals surface area contributed by atoms with Crippen LogP contribution >= 0.6 is 11.6 Å². The quantitative estimate of drug-likeness (QED) is 0.850. The summed E-state index contributed by atoms with van der Waals surface area (Å²) < 4.78 is 11.9. The molecule has 17 heavy (non-hydrogen) atoms. The second-order valence-corrected chi connectivity index (χ2v) is 5.51. The van der Waals surface area contributed by atoms with E-state index < -0.39 is 10.8 Å². The highest BCUT2D eigenvalue weighted by Crippen LogP contribution is 2.17. The molecule has 0 bridgehead atoms. The van der Waals surface area contributed by atoms with Gasteiger partial charge in [0.15, 0.2) is 0 Å². The van der Waals surface area contributed by atoms with Crippen LogP contribution < -0.4 is 0 Å². The van der Waals surface area contributed by atoms with Crippen molar-refractivity contribution in [3.8, 4) is 0 Å². The number of hydrogen-bond acceptors (Lipinski definition) is 2. The van der Waals surface area contributed by atoms with Gasteiger partial charge in [-0.15, -0.1) is 0 Å². The standard InChI is InChI=1S/C13H12ClNOS/c14-13-7-2-1-5-11(13)9-17(16)10-12-6-3-4-8-15-12/h1-8H,9-10H2. The molecule has 0 amide bonds. The Labute approximate surface area is 108 Å². The van der Waals surface area contributed by atoms with E-state index in [1.54, 1.807) is 6.20 Å². The Hall–Kier alpha value is -1.19. The van der Waals surface area contributed by atoms with Crippen LogP contribution in [-0.2, 0) is 22.3 Å². The maximum absolute atomic E-state index is 11.9. The van der Waals surface area contributed by atoms with Gasteiger partial charge >= 0.3 is 0 Å². The third kappa shape index (κ3) is 3.65. The molecule has 0 spiro atoms. The van der Waals surface area contributed by atoms with E-state index in [0.717, 1.165) is 11.3 Å². The minimum absolute atomic E-state index is 0.464. The number of halogens is 1. The third-order valence-corrected chi connectivity index (χ3v) is 3.93. The molecule has 1 heterocycles. The zero-order valence-corrected chi connectivity index (χ0v) is 10.7. The van der Waals surface area contributed by atoms with Gasteiger partial charge in [0.2, 0.25) is 0 Å². The Morgan fingerprint density at radius 2 is 1.82 bits per heavy atom. The van der Waals surface area contributed by atoms with E-state index in [0.29, 0.717) is 16.5 Å². The van der Waals surface area contributed by atoms with Crippen LogP contribution in [0.25, 0.3) is 0 Å². The molecule has 1 aromatic carbocycles. The highest BCUT2D eigenvalue weighted by Gasteiger charge is 2.06. The average Bonchev–Trinajstić information content (AvgIpc) is 2.33. The summed E-state index contributed by atoms with van der Waals surface area (Å²) in [5.41, 5.74) is 1.77. The minimum Gasteiger partial charge on any atom is -0.260 e. The van der Waals surface area contributed by atoms with Gasteiger partial charge in [-0.05, 0) is 23.8 Å². The van der Waals surface area contributed by atoms with Gasteiger partial charge in [0.05, 0.1) is 17.2 Å². The van der Waals surface area contributed by atoms with Gasteiger partial charge in [-0.1, -0.05) is 35.9 Å². The van der Waals surface area contributed by atoms with E-state index in [1.165, 1.54) is 0 Å². The summed E-state index contributed by atoms with van der Waals surface area (Å²) in [6.45, 7) is 0. The fraction of sp³-hybridized carbons (Fsp3) is 0.154. The van der Waals surface area contributed by atoms with Crippen LogP contribution in [0.4, 0.5) is 0 Å². The zero-order valence-electron chi connectivity index (χ0n) is 9.17. The van der Waals surface area contributed by atoms with Crippen LogP contribution in [-0.4, -0.2) is 9.19 Å². The number of benzene rings is 1. The maximum atomic E-state index is 11.9. The molecule has 4 heteroatoms. The second-order valence-electron chi connectivity index (χ2n) is 3.64. The topological polar surface area (TPSA) is 30.0 Å². The fourth-order valence-corrected chi connectivity index (χ4v) is 2.97. The van der Waals surface area contributed by atoms with E-state index in [1.807, 2.05) is 42.5 Å². The molecule has 1 atom stereocenters. The third-order valence-electron chi connectivity index (χ3n) is 2.31. The summed E-state index contributed by atoms with van der Waals surface area (Å²) in [4.78, 5) is 4.16. The molecule has 0 saturated heterocycles. The molecule has 0 radical (unpaired) electrons. The second kappa shape index (κ2) is 5.94. The lowest BCUT2D eigenvalue weighted by molar-refractivity contribution is 0.681. The normalized spacial score (nSPS) is 12.3. The highest BCUT2D eigenvalue weighted by atomic mass is 35.5. The van der Waals surface area contributed by atoms with E-state index in [2.05, 4.69) is 4.98 Å². The lowest BCUT2D eigenvalue weighted by atomic mass is 10.2. The van der Waals surface area contributed by atoms with Gasteiger partial charge in [0, 0.05) is 22.0 Å². The van der Waals surface area contributed by atoms with E-state index >= 15 is 0 Å². The highest BCUT2D eigenvalue weighted by molar-refractivity contribution is 7.83. The largest absolute Gasteiger partial charge is 0.260 e. The van der Waals surface area contributed by atoms with Gasteiger partial charge in [-0.2, -0.15) is 0 Å². The number of pyridine rings is 1. The Kier molecular flexibility index (Phi) is 4.29. The van der Waals surface area contributed by atoms with Crippen LogP contribution in [0.5, 0.6) is 0 Å². The van der Waals surface area contributed by atoms with Gasteiger partial charge in [-0.3, -0.25) is 9.19 Å². The monoisotopic (exact) mass is 265 g/mol. The van der Waals surface area contributed by atoms with Gasteiger partial charge < -0.3 is 0 Å². The number of aromatic nitrogens is 1. The van der Waals surface area contributed by atoms with Crippen molar-refractivity contribution in [2.45, 2.75) is 11.5 Å². The molecule has 0 N–H and O–H groups in total. The van der Waals surface area contributed by atoms with Crippen molar-refractivity contribution in [1.29, 1.82) is 0 Å². The Balaban J connectivity index is 2.01. The molecule has 2 aromatic rings. The molecule has 88 valence electrons. The van der Waals surface area contributed by atoms with Crippen LogP contribution in [0.1, 0.15) is 11.3 Å². The van der Waals surface area contributed by atoms with Gasteiger partial charge in [0.1, 0.15) is 0 Å². The molecular weight excluding hydrogens is 254 g/mol. The van der Waals surface area contributed by atoms with E-state index in [-0.39, 0.29) is 0 Å². The lowest BCUT2D eigenvalue weighted by Gasteiger charge is -2.04.